The molecule has 0 radical (unpaired) electrons. The van der Waals surface area contributed by atoms with Gasteiger partial charge in [-0.25, -0.2) is 0 Å². The van der Waals surface area contributed by atoms with E-state index in [4.69, 9.17) is 0 Å². The van der Waals surface area contributed by atoms with E-state index in [9.17, 15) is 0 Å². The van der Waals surface area contributed by atoms with Crippen LogP contribution in [0.3, 0.4) is 0 Å². The maximum atomic E-state index is 3.83. The Labute approximate surface area is 125 Å². The molecule has 1 unspecified atom stereocenters. The monoisotopic (exact) mass is 273 g/mol. The van der Waals surface area contributed by atoms with Crippen LogP contribution in [0.5, 0.6) is 0 Å². The molecule has 1 nitrogen and oxygen atoms in total. The summed E-state index contributed by atoms with van der Waals surface area (Å²) < 4.78 is 0. The van der Waals surface area contributed by atoms with E-state index in [2.05, 4.69) is 50.4 Å². The van der Waals surface area contributed by atoms with Crippen molar-refractivity contribution in [3.63, 3.8) is 0 Å². The molecule has 0 saturated heterocycles. The molecule has 1 aromatic carbocycles. The van der Waals surface area contributed by atoms with Crippen molar-refractivity contribution in [2.24, 2.45) is 5.92 Å². The van der Waals surface area contributed by atoms with Crippen molar-refractivity contribution in [2.75, 3.05) is 0 Å². The van der Waals surface area contributed by atoms with Crippen LogP contribution < -0.4 is 5.32 Å². The molecular weight excluding hydrogens is 242 g/mol. The molecule has 0 aromatic heterocycles. The van der Waals surface area contributed by atoms with Gasteiger partial charge >= 0.3 is 0 Å². The summed E-state index contributed by atoms with van der Waals surface area (Å²) in [5.41, 5.74) is 2.85. The lowest BCUT2D eigenvalue weighted by atomic mass is 9.84. The number of hydrogen-bond donors (Lipinski definition) is 1. The molecule has 0 bridgehead atoms. The molecule has 0 heterocycles. The lowest BCUT2D eigenvalue weighted by Crippen LogP contribution is -2.40. The molecule has 1 aliphatic rings. The number of hydrogen-bond acceptors (Lipinski definition) is 1. The molecule has 0 aliphatic heterocycles. The maximum absolute atomic E-state index is 3.83. The quantitative estimate of drug-likeness (QED) is 0.779. The summed E-state index contributed by atoms with van der Waals surface area (Å²) in [6.45, 7) is 6.91. The molecule has 0 spiro atoms. The van der Waals surface area contributed by atoms with E-state index in [0.29, 0.717) is 12.1 Å². The van der Waals surface area contributed by atoms with Gasteiger partial charge in [-0.05, 0) is 57.9 Å². The zero-order chi connectivity index (χ0) is 14.4. The molecule has 1 saturated carbocycles. The van der Waals surface area contributed by atoms with Crippen LogP contribution in [0.1, 0.15) is 63.5 Å². The van der Waals surface area contributed by atoms with Crippen LogP contribution in [-0.4, -0.2) is 12.1 Å². The van der Waals surface area contributed by atoms with Gasteiger partial charge in [0.25, 0.3) is 0 Å². The summed E-state index contributed by atoms with van der Waals surface area (Å²) >= 11 is 0. The Hall–Kier alpha value is -0.820. The van der Waals surface area contributed by atoms with E-state index in [1.807, 2.05) is 0 Å². The fourth-order valence-electron chi connectivity index (χ4n) is 3.55. The fourth-order valence-corrected chi connectivity index (χ4v) is 3.55. The van der Waals surface area contributed by atoms with E-state index < -0.39 is 0 Å². The minimum absolute atomic E-state index is 0.618. The van der Waals surface area contributed by atoms with E-state index in [-0.39, 0.29) is 0 Å². The van der Waals surface area contributed by atoms with Gasteiger partial charge in [-0.3, -0.25) is 0 Å². The SMILES string of the molecule is Cc1cccc(CCC(C)N[C@@H](C)C2CCCCC2)c1. The molecule has 112 valence electrons. The fraction of sp³-hybridized carbons (Fsp3) is 0.684. The first kappa shape index (κ1) is 15.6. The molecule has 1 aliphatic carbocycles. The first-order valence-electron chi connectivity index (χ1n) is 8.47. The number of aryl methyl sites for hydroxylation is 2. The lowest BCUT2D eigenvalue weighted by Gasteiger charge is -2.30. The van der Waals surface area contributed by atoms with Crippen molar-refractivity contribution in [2.45, 2.75) is 77.8 Å². The van der Waals surface area contributed by atoms with Gasteiger partial charge in [-0.1, -0.05) is 49.1 Å². The summed E-state index contributed by atoms with van der Waals surface area (Å²) in [5, 5.41) is 3.83. The van der Waals surface area contributed by atoms with Crippen LogP contribution in [0, 0.1) is 12.8 Å². The topological polar surface area (TPSA) is 12.0 Å². The second-order valence-electron chi connectivity index (χ2n) is 6.78. The van der Waals surface area contributed by atoms with Crippen LogP contribution in [0.2, 0.25) is 0 Å². The highest BCUT2D eigenvalue weighted by molar-refractivity contribution is 5.22. The largest absolute Gasteiger partial charge is 0.311 e. The zero-order valence-electron chi connectivity index (χ0n) is 13.5. The Morgan fingerprint density at radius 1 is 1.15 bits per heavy atom. The number of benzene rings is 1. The minimum Gasteiger partial charge on any atom is -0.311 e. The first-order chi connectivity index (χ1) is 9.65. The van der Waals surface area contributed by atoms with Gasteiger partial charge in [0.05, 0.1) is 0 Å². The van der Waals surface area contributed by atoms with E-state index >= 15 is 0 Å². The third-order valence-corrected chi connectivity index (χ3v) is 4.85. The first-order valence-corrected chi connectivity index (χ1v) is 8.47. The van der Waals surface area contributed by atoms with Gasteiger partial charge < -0.3 is 5.32 Å². The Morgan fingerprint density at radius 2 is 1.90 bits per heavy atom. The lowest BCUT2D eigenvalue weighted by molar-refractivity contribution is 0.264. The summed E-state index contributed by atoms with van der Waals surface area (Å²) in [4.78, 5) is 0. The molecule has 20 heavy (non-hydrogen) atoms. The highest BCUT2D eigenvalue weighted by Gasteiger charge is 2.20. The highest BCUT2D eigenvalue weighted by Crippen LogP contribution is 2.26. The summed E-state index contributed by atoms with van der Waals surface area (Å²) in [6, 6.07) is 10.2. The van der Waals surface area contributed by atoms with Gasteiger partial charge in [0.15, 0.2) is 0 Å². The molecule has 1 aromatic rings. The highest BCUT2D eigenvalue weighted by atomic mass is 14.9. The molecule has 1 heteroatoms. The summed E-state index contributed by atoms with van der Waals surface area (Å²) in [7, 11) is 0. The van der Waals surface area contributed by atoms with E-state index in [1.54, 1.807) is 0 Å². The third-order valence-electron chi connectivity index (χ3n) is 4.85. The smallest absolute Gasteiger partial charge is 0.00694 e. The Morgan fingerprint density at radius 3 is 2.60 bits per heavy atom. The van der Waals surface area contributed by atoms with Crippen molar-refractivity contribution in [1.29, 1.82) is 0 Å². The number of rotatable bonds is 6. The van der Waals surface area contributed by atoms with Gasteiger partial charge in [-0.15, -0.1) is 0 Å². The Bertz CT molecular complexity index is 393. The molecule has 2 rings (SSSR count). The van der Waals surface area contributed by atoms with Gasteiger partial charge in [0.1, 0.15) is 0 Å². The molecule has 2 atom stereocenters. The van der Waals surface area contributed by atoms with Crippen LogP contribution >= 0.6 is 0 Å². The summed E-state index contributed by atoms with van der Waals surface area (Å²) in [5.74, 6) is 0.908. The van der Waals surface area contributed by atoms with Crippen LogP contribution in [-0.2, 0) is 6.42 Å². The second-order valence-corrected chi connectivity index (χ2v) is 6.78. The predicted molar refractivity (Wildman–Crippen MR) is 88.1 cm³/mol. The van der Waals surface area contributed by atoms with Crippen molar-refractivity contribution < 1.29 is 0 Å². The molecule has 0 amide bonds. The summed E-state index contributed by atoms with van der Waals surface area (Å²) in [6.07, 6.45) is 9.61. The Kier molecular flexibility index (Phi) is 6.09. The van der Waals surface area contributed by atoms with E-state index in [0.717, 1.165) is 5.92 Å². The van der Waals surface area contributed by atoms with Crippen LogP contribution in [0.25, 0.3) is 0 Å². The normalized spacial score (nSPS) is 19.8. The standard InChI is InChI=1S/C19H31N/c1-15-8-7-9-18(14-15)13-12-16(2)20-17(3)19-10-5-4-6-11-19/h7-9,14,16-17,19-20H,4-6,10-13H2,1-3H3/t16?,17-/m0/s1. The molecular formula is C19H31N. The number of nitrogens with one attached hydrogen (secondary N) is 1. The van der Waals surface area contributed by atoms with Crippen LogP contribution in [0.4, 0.5) is 0 Å². The van der Waals surface area contributed by atoms with Crippen molar-refractivity contribution >= 4 is 0 Å². The van der Waals surface area contributed by atoms with Gasteiger partial charge in [-0.2, -0.15) is 0 Å². The molecule has 1 fully saturated rings. The van der Waals surface area contributed by atoms with Crippen molar-refractivity contribution in [3.8, 4) is 0 Å². The molecule has 1 N–H and O–H groups in total. The van der Waals surface area contributed by atoms with Gasteiger partial charge in [0, 0.05) is 12.1 Å². The third kappa shape index (κ3) is 4.94. The average Bonchev–Trinajstić information content (AvgIpc) is 2.46. The average molecular weight is 273 g/mol. The second kappa shape index (κ2) is 7.83. The van der Waals surface area contributed by atoms with Crippen LogP contribution in [0.15, 0.2) is 24.3 Å². The van der Waals surface area contributed by atoms with E-state index in [1.165, 1.54) is 56.1 Å². The maximum Gasteiger partial charge on any atom is 0.00694 e. The minimum atomic E-state index is 0.618. The Balaban J connectivity index is 1.73. The van der Waals surface area contributed by atoms with Crippen molar-refractivity contribution in [1.82, 2.24) is 5.32 Å². The predicted octanol–water partition coefficient (Wildman–Crippen LogP) is 4.87. The van der Waals surface area contributed by atoms with Gasteiger partial charge in [0.2, 0.25) is 0 Å². The zero-order valence-corrected chi connectivity index (χ0v) is 13.5. The van der Waals surface area contributed by atoms with Crippen molar-refractivity contribution in [3.05, 3.63) is 35.4 Å².